The first kappa shape index (κ1) is 21.2. The number of hydrogen-bond donors (Lipinski definition) is 1. The summed E-state index contributed by atoms with van der Waals surface area (Å²) in [7, 11) is 3.49. The summed E-state index contributed by atoms with van der Waals surface area (Å²) >= 11 is 1.30. The Morgan fingerprint density at radius 1 is 1.34 bits per heavy atom. The van der Waals surface area contributed by atoms with Crippen LogP contribution < -0.4 is 15.6 Å². The van der Waals surface area contributed by atoms with E-state index in [0.717, 1.165) is 23.7 Å². The molecule has 1 atom stereocenters. The molecule has 29 heavy (non-hydrogen) atoms. The van der Waals surface area contributed by atoms with Gasteiger partial charge in [-0.25, -0.2) is 4.98 Å². The molecule has 0 saturated heterocycles. The monoisotopic (exact) mass is 416 g/mol. The summed E-state index contributed by atoms with van der Waals surface area (Å²) < 4.78 is 8.92. The zero-order valence-corrected chi connectivity index (χ0v) is 18.4. The second kappa shape index (κ2) is 8.90. The highest BCUT2D eigenvalue weighted by Crippen LogP contribution is 2.30. The topological polar surface area (TPSA) is 78.2 Å². The summed E-state index contributed by atoms with van der Waals surface area (Å²) in [5, 5.41) is 4.39. The van der Waals surface area contributed by atoms with Crippen molar-refractivity contribution < 1.29 is 9.53 Å². The first-order valence-corrected chi connectivity index (χ1v) is 10.9. The number of aryl methyl sites for hydroxylation is 1. The van der Waals surface area contributed by atoms with Gasteiger partial charge in [0.2, 0.25) is 5.91 Å². The summed E-state index contributed by atoms with van der Waals surface area (Å²) in [6.45, 7) is 6.58. The van der Waals surface area contributed by atoms with Gasteiger partial charge in [-0.15, -0.1) is 0 Å². The van der Waals surface area contributed by atoms with Crippen molar-refractivity contribution in [2.75, 3.05) is 12.9 Å². The average molecular weight is 417 g/mol. The maximum absolute atomic E-state index is 13.3. The zero-order chi connectivity index (χ0) is 21.1. The van der Waals surface area contributed by atoms with Crippen LogP contribution in [-0.4, -0.2) is 38.9 Å². The van der Waals surface area contributed by atoms with Crippen molar-refractivity contribution in [2.45, 2.75) is 51.4 Å². The van der Waals surface area contributed by atoms with Crippen LogP contribution >= 0.6 is 11.8 Å². The Hall–Kier alpha value is -2.48. The Balaban J connectivity index is 2.10. The maximum atomic E-state index is 13.3. The molecule has 0 aliphatic heterocycles. The molecule has 8 heteroatoms. The number of fused-ring (bicyclic) bond motifs is 3. The number of amides is 1. The minimum atomic E-state index is -0.0839. The number of methoxy groups -OCH3 is 1. The van der Waals surface area contributed by atoms with Crippen molar-refractivity contribution in [1.82, 2.24) is 19.4 Å². The minimum Gasteiger partial charge on any atom is -0.497 e. The molecule has 3 aromatic rings. The largest absolute Gasteiger partial charge is 0.497 e. The predicted octanol–water partition coefficient (Wildman–Crippen LogP) is 3.31. The van der Waals surface area contributed by atoms with Crippen molar-refractivity contribution in [3.8, 4) is 5.75 Å². The van der Waals surface area contributed by atoms with E-state index in [2.05, 4.69) is 5.32 Å². The van der Waals surface area contributed by atoms with Gasteiger partial charge in [0.05, 0.1) is 18.4 Å². The highest BCUT2D eigenvalue weighted by atomic mass is 32.2. The molecule has 7 nitrogen and oxygen atoms in total. The van der Waals surface area contributed by atoms with Gasteiger partial charge in [-0.05, 0) is 38.0 Å². The lowest BCUT2D eigenvalue weighted by molar-refractivity contribution is -0.119. The number of nitrogens with one attached hydrogen (secondary N) is 1. The molecule has 3 rings (SSSR count). The van der Waals surface area contributed by atoms with Crippen molar-refractivity contribution in [2.24, 2.45) is 7.05 Å². The van der Waals surface area contributed by atoms with Crippen LogP contribution in [0.15, 0.2) is 28.2 Å². The fourth-order valence-electron chi connectivity index (χ4n) is 3.34. The van der Waals surface area contributed by atoms with Crippen molar-refractivity contribution in [3.05, 3.63) is 28.6 Å². The normalized spacial score (nSPS) is 12.4. The third-order valence-corrected chi connectivity index (χ3v) is 6.04. The fraction of sp³-hybridized carbons (Fsp3) is 0.476. The molecule has 0 aliphatic rings. The molecular weight excluding hydrogens is 388 g/mol. The molecule has 156 valence electrons. The van der Waals surface area contributed by atoms with Crippen LogP contribution in [0.1, 0.15) is 33.6 Å². The number of rotatable bonds is 8. The van der Waals surface area contributed by atoms with E-state index in [-0.39, 0.29) is 23.3 Å². The van der Waals surface area contributed by atoms with Gasteiger partial charge in [0.25, 0.3) is 5.56 Å². The van der Waals surface area contributed by atoms with Gasteiger partial charge in [-0.3, -0.25) is 14.2 Å². The van der Waals surface area contributed by atoms with Gasteiger partial charge in [0.1, 0.15) is 16.8 Å². The van der Waals surface area contributed by atoms with Gasteiger partial charge >= 0.3 is 0 Å². The quantitative estimate of drug-likeness (QED) is 0.450. The van der Waals surface area contributed by atoms with Gasteiger partial charge < -0.3 is 14.6 Å². The van der Waals surface area contributed by atoms with Crippen LogP contribution in [0.2, 0.25) is 0 Å². The molecular formula is C21H28N4O3S. The van der Waals surface area contributed by atoms with E-state index < -0.39 is 0 Å². The molecule has 0 radical (unpaired) electrons. The van der Waals surface area contributed by atoms with Crippen molar-refractivity contribution in [1.29, 1.82) is 0 Å². The lowest BCUT2D eigenvalue weighted by atomic mass is 10.2. The lowest BCUT2D eigenvalue weighted by Gasteiger charge is -2.13. The van der Waals surface area contributed by atoms with Crippen LogP contribution in [0.25, 0.3) is 21.9 Å². The number of nitrogens with zero attached hydrogens (tertiary/aromatic N) is 3. The predicted molar refractivity (Wildman–Crippen MR) is 118 cm³/mol. The second-order valence-corrected chi connectivity index (χ2v) is 8.10. The standard InChI is InChI=1S/C21H28N4O3S/c1-6-10-25-20(27)19-18(15-11-14(28-5)8-9-16(15)24(19)4)23-21(25)29-12-17(26)22-13(3)7-2/h8-9,11,13H,6-7,10,12H2,1-5H3,(H,22,26). The van der Waals surface area contributed by atoms with Gasteiger partial charge in [-0.2, -0.15) is 0 Å². The van der Waals surface area contributed by atoms with Crippen molar-refractivity contribution >= 4 is 39.6 Å². The van der Waals surface area contributed by atoms with E-state index in [1.807, 2.05) is 50.6 Å². The molecule has 1 amide bonds. The summed E-state index contributed by atoms with van der Waals surface area (Å²) in [6, 6.07) is 5.84. The van der Waals surface area contributed by atoms with Crippen LogP contribution in [0.4, 0.5) is 0 Å². The first-order chi connectivity index (χ1) is 13.9. The van der Waals surface area contributed by atoms with Crippen LogP contribution in [0.3, 0.4) is 0 Å². The van der Waals surface area contributed by atoms with Crippen LogP contribution in [-0.2, 0) is 18.4 Å². The van der Waals surface area contributed by atoms with E-state index in [9.17, 15) is 9.59 Å². The van der Waals surface area contributed by atoms with Gasteiger partial charge in [0.15, 0.2) is 5.16 Å². The zero-order valence-electron chi connectivity index (χ0n) is 17.6. The lowest BCUT2D eigenvalue weighted by Crippen LogP contribution is -2.33. The molecule has 0 bridgehead atoms. The van der Waals surface area contributed by atoms with E-state index in [1.165, 1.54) is 11.8 Å². The van der Waals surface area contributed by atoms with E-state index in [0.29, 0.717) is 28.5 Å². The Kier molecular flexibility index (Phi) is 6.52. The molecule has 1 unspecified atom stereocenters. The fourth-order valence-corrected chi connectivity index (χ4v) is 4.17. The third-order valence-electron chi connectivity index (χ3n) is 5.07. The molecule has 2 heterocycles. The van der Waals surface area contributed by atoms with Crippen LogP contribution in [0, 0.1) is 0 Å². The Morgan fingerprint density at radius 3 is 2.76 bits per heavy atom. The molecule has 1 N–H and O–H groups in total. The summed E-state index contributed by atoms with van der Waals surface area (Å²) in [5.41, 5.74) is 2.04. The van der Waals surface area contributed by atoms with Gasteiger partial charge in [-0.1, -0.05) is 25.6 Å². The first-order valence-electron chi connectivity index (χ1n) is 9.90. The SMILES string of the molecule is CCCn1c(SCC(=O)NC(C)CC)nc2c3cc(OC)ccc3n(C)c2c1=O. The molecule has 0 aliphatic carbocycles. The smallest absolute Gasteiger partial charge is 0.278 e. The second-order valence-electron chi connectivity index (χ2n) is 7.16. The minimum absolute atomic E-state index is 0.0543. The Labute approximate surface area is 174 Å². The average Bonchev–Trinajstić information content (AvgIpc) is 3.00. The number of aromatic nitrogens is 3. The molecule has 1 aromatic carbocycles. The number of ether oxygens (including phenoxy) is 1. The third kappa shape index (κ3) is 4.12. The summed E-state index contributed by atoms with van der Waals surface area (Å²) in [4.78, 5) is 30.4. The number of hydrogen-bond acceptors (Lipinski definition) is 5. The van der Waals surface area contributed by atoms with Crippen molar-refractivity contribution in [3.63, 3.8) is 0 Å². The van der Waals surface area contributed by atoms with E-state index in [4.69, 9.17) is 9.72 Å². The highest BCUT2D eigenvalue weighted by molar-refractivity contribution is 7.99. The maximum Gasteiger partial charge on any atom is 0.278 e. The molecule has 0 fully saturated rings. The number of carbonyl (C=O) groups excluding carboxylic acids is 1. The van der Waals surface area contributed by atoms with E-state index in [1.54, 1.807) is 11.7 Å². The number of carbonyl (C=O) groups is 1. The highest BCUT2D eigenvalue weighted by Gasteiger charge is 2.19. The molecule has 2 aromatic heterocycles. The Bertz CT molecular complexity index is 1100. The Morgan fingerprint density at radius 2 is 2.10 bits per heavy atom. The van der Waals surface area contributed by atoms with Gasteiger partial charge in [0, 0.05) is 25.0 Å². The summed E-state index contributed by atoms with van der Waals surface area (Å²) in [5.74, 6) is 0.882. The summed E-state index contributed by atoms with van der Waals surface area (Å²) in [6.07, 6.45) is 1.68. The van der Waals surface area contributed by atoms with E-state index >= 15 is 0 Å². The molecule has 0 spiro atoms. The number of thioether (sulfide) groups is 1. The molecule has 0 saturated carbocycles. The van der Waals surface area contributed by atoms with Crippen LogP contribution in [0.5, 0.6) is 5.75 Å². The number of benzene rings is 1.